The lowest BCUT2D eigenvalue weighted by atomic mass is 10.2. The summed E-state index contributed by atoms with van der Waals surface area (Å²) in [6.07, 6.45) is 5.56. The van der Waals surface area contributed by atoms with Crippen molar-refractivity contribution in [2.75, 3.05) is 13.3 Å². The summed E-state index contributed by atoms with van der Waals surface area (Å²) in [6.45, 7) is 2.88. The van der Waals surface area contributed by atoms with Crippen LogP contribution in [0.4, 0.5) is 0 Å². The van der Waals surface area contributed by atoms with E-state index in [0.29, 0.717) is 6.79 Å². The van der Waals surface area contributed by atoms with Crippen molar-refractivity contribution in [3.05, 3.63) is 40.9 Å². The molecule has 0 aliphatic carbocycles. The Hall–Kier alpha value is -1.53. The van der Waals surface area contributed by atoms with E-state index in [-0.39, 0.29) is 0 Å². The standard InChI is InChI=1S/C13H14BrN3O2/c14-11-6-13-12(18-9-19-13)5-10(11)7-15-1-3-17-4-2-16-8-17/h2,4-6,8,15H,1,3,7,9H2. The van der Waals surface area contributed by atoms with Crippen LogP contribution in [-0.2, 0) is 13.1 Å². The zero-order valence-corrected chi connectivity index (χ0v) is 11.9. The van der Waals surface area contributed by atoms with Gasteiger partial charge in [0.25, 0.3) is 0 Å². The third-order valence-corrected chi connectivity index (χ3v) is 3.70. The van der Waals surface area contributed by atoms with Gasteiger partial charge >= 0.3 is 0 Å². The zero-order valence-electron chi connectivity index (χ0n) is 10.3. The first kappa shape index (κ1) is 12.5. The third-order valence-electron chi connectivity index (χ3n) is 2.96. The van der Waals surface area contributed by atoms with Crippen LogP contribution < -0.4 is 14.8 Å². The van der Waals surface area contributed by atoms with Crippen LogP contribution in [0.5, 0.6) is 11.5 Å². The lowest BCUT2D eigenvalue weighted by molar-refractivity contribution is 0.174. The highest BCUT2D eigenvalue weighted by atomic mass is 79.9. The minimum Gasteiger partial charge on any atom is -0.454 e. The van der Waals surface area contributed by atoms with Gasteiger partial charge in [-0.15, -0.1) is 0 Å². The van der Waals surface area contributed by atoms with Gasteiger partial charge in [0, 0.05) is 36.5 Å². The number of nitrogens with one attached hydrogen (secondary N) is 1. The fourth-order valence-corrected chi connectivity index (χ4v) is 2.41. The number of rotatable bonds is 5. The maximum atomic E-state index is 5.38. The monoisotopic (exact) mass is 323 g/mol. The molecule has 100 valence electrons. The van der Waals surface area contributed by atoms with E-state index in [0.717, 1.165) is 41.2 Å². The maximum Gasteiger partial charge on any atom is 0.231 e. The molecule has 0 spiro atoms. The first-order chi connectivity index (χ1) is 9.33. The van der Waals surface area contributed by atoms with Gasteiger partial charge < -0.3 is 19.4 Å². The normalized spacial score (nSPS) is 12.9. The molecule has 6 heteroatoms. The van der Waals surface area contributed by atoms with Crippen LogP contribution >= 0.6 is 15.9 Å². The van der Waals surface area contributed by atoms with Gasteiger partial charge in [-0.3, -0.25) is 0 Å². The highest BCUT2D eigenvalue weighted by Crippen LogP contribution is 2.36. The second-order valence-corrected chi connectivity index (χ2v) is 5.13. The first-order valence-electron chi connectivity index (χ1n) is 6.07. The second-order valence-electron chi connectivity index (χ2n) is 4.27. The molecule has 0 bridgehead atoms. The summed E-state index contributed by atoms with van der Waals surface area (Å²) in [4.78, 5) is 4.01. The van der Waals surface area contributed by atoms with Crippen LogP contribution in [0.3, 0.4) is 0 Å². The van der Waals surface area contributed by atoms with Crippen LogP contribution in [0.25, 0.3) is 0 Å². The average Bonchev–Trinajstić information content (AvgIpc) is 3.05. The van der Waals surface area contributed by atoms with Crippen molar-refractivity contribution in [3.8, 4) is 11.5 Å². The molecule has 19 heavy (non-hydrogen) atoms. The number of nitrogens with zero attached hydrogens (tertiary/aromatic N) is 2. The zero-order chi connectivity index (χ0) is 13.1. The fourth-order valence-electron chi connectivity index (χ4n) is 1.94. The number of hydrogen-bond donors (Lipinski definition) is 1. The van der Waals surface area contributed by atoms with E-state index in [4.69, 9.17) is 9.47 Å². The Balaban J connectivity index is 1.55. The van der Waals surface area contributed by atoms with Crippen molar-refractivity contribution in [2.45, 2.75) is 13.1 Å². The lowest BCUT2D eigenvalue weighted by Crippen LogP contribution is -2.19. The van der Waals surface area contributed by atoms with Crippen molar-refractivity contribution < 1.29 is 9.47 Å². The van der Waals surface area contributed by atoms with Crippen LogP contribution in [-0.4, -0.2) is 22.9 Å². The predicted molar refractivity (Wildman–Crippen MR) is 74.2 cm³/mol. The van der Waals surface area contributed by atoms with E-state index in [1.54, 1.807) is 6.20 Å². The van der Waals surface area contributed by atoms with Gasteiger partial charge in [-0.25, -0.2) is 4.98 Å². The molecule has 0 unspecified atom stereocenters. The van der Waals surface area contributed by atoms with Crippen molar-refractivity contribution in [2.24, 2.45) is 0 Å². The summed E-state index contributed by atoms with van der Waals surface area (Å²) < 4.78 is 13.8. The molecule has 1 aliphatic heterocycles. The van der Waals surface area contributed by atoms with Crippen molar-refractivity contribution >= 4 is 15.9 Å². The second kappa shape index (κ2) is 5.63. The Morgan fingerprint density at radius 3 is 2.95 bits per heavy atom. The van der Waals surface area contributed by atoms with Crippen LogP contribution in [0.1, 0.15) is 5.56 Å². The van der Waals surface area contributed by atoms with Crippen LogP contribution in [0.15, 0.2) is 35.3 Å². The Bertz CT molecular complexity index is 557. The minimum absolute atomic E-state index is 0.305. The van der Waals surface area contributed by atoms with Gasteiger partial charge in [-0.2, -0.15) is 0 Å². The molecule has 1 aliphatic rings. The molecule has 2 heterocycles. The molecule has 3 rings (SSSR count). The molecule has 0 saturated carbocycles. The van der Waals surface area contributed by atoms with Crippen molar-refractivity contribution in [3.63, 3.8) is 0 Å². The predicted octanol–water partition coefficient (Wildman–Crippen LogP) is 2.16. The summed E-state index contributed by atoms with van der Waals surface area (Å²) in [6, 6.07) is 3.96. The summed E-state index contributed by atoms with van der Waals surface area (Å²) in [5, 5.41) is 3.40. The molecule has 1 N–H and O–H groups in total. The molecular weight excluding hydrogens is 310 g/mol. The minimum atomic E-state index is 0.305. The quantitative estimate of drug-likeness (QED) is 0.857. The van der Waals surface area contributed by atoms with Crippen molar-refractivity contribution in [1.29, 1.82) is 0 Å². The van der Waals surface area contributed by atoms with Crippen LogP contribution in [0, 0.1) is 0 Å². The fraction of sp³-hybridized carbons (Fsp3) is 0.308. The summed E-state index contributed by atoms with van der Waals surface area (Å²) in [5.41, 5.74) is 1.16. The Morgan fingerprint density at radius 1 is 1.32 bits per heavy atom. The highest BCUT2D eigenvalue weighted by Gasteiger charge is 2.15. The molecule has 1 aromatic carbocycles. The number of ether oxygens (including phenoxy) is 2. The molecule has 0 fully saturated rings. The van der Waals surface area contributed by atoms with E-state index >= 15 is 0 Å². The Morgan fingerprint density at radius 2 is 2.16 bits per heavy atom. The Labute approximate surface area is 119 Å². The van der Waals surface area contributed by atoms with E-state index in [1.165, 1.54) is 0 Å². The van der Waals surface area contributed by atoms with E-state index in [2.05, 4.69) is 26.2 Å². The number of halogens is 1. The van der Waals surface area contributed by atoms with E-state index < -0.39 is 0 Å². The first-order valence-corrected chi connectivity index (χ1v) is 6.87. The van der Waals surface area contributed by atoms with Gasteiger partial charge in [0.1, 0.15) is 0 Å². The van der Waals surface area contributed by atoms with Crippen LogP contribution in [0.2, 0.25) is 0 Å². The number of fused-ring (bicyclic) bond motifs is 1. The number of imidazole rings is 1. The van der Waals surface area contributed by atoms with E-state index in [9.17, 15) is 0 Å². The number of aromatic nitrogens is 2. The highest BCUT2D eigenvalue weighted by molar-refractivity contribution is 9.10. The molecule has 5 nitrogen and oxygen atoms in total. The van der Waals surface area contributed by atoms with Gasteiger partial charge in [0.05, 0.1) is 6.33 Å². The molecule has 2 aromatic rings. The third kappa shape index (κ3) is 2.90. The smallest absolute Gasteiger partial charge is 0.231 e. The summed E-state index contributed by atoms with van der Waals surface area (Å²) in [7, 11) is 0. The molecule has 0 atom stereocenters. The SMILES string of the molecule is Brc1cc2c(cc1CNCCn1ccnc1)OCO2. The largest absolute Gasteiger partial charge is 0.454 e. The topological polar surface area (TPSA) is 48.3 Å². The average molecular weight is 324 g/mol. The molecule has 0 amide bonds. The maximum absolute atomic E-state index is 5.38. The summed E-state index contributed by atoms with van der Waals surface area (Å²) in [5.74, 6) is 1.61. The van der Waals surface area contributed by atoms with E-state index in [1.807, 2.05) is 29.2 Å². The summed E-state index contributed by atoms with van der Waals surface area (Å²) >= 11 is 3.55. The Kier molecular flexibility index (Phi) is 3.70. The van der Waals surface area contributed by atoms with Gasteiger partial charge in [-0.1, -0.05) is 15.9 Å². The number of hydrogen-bond acceptors (Lipinski definition) is 4. The van der Waals surface area contributed by atoms with Gasteiger partial charge in [0.2, 0.25) is 6.79 Å². The lowest BCUT2D eigenvalue weighted by Gasteiger charge is -2.08. The molecular formula is C13H14BrN3O2. The van der Waals surface area contributed by atoms with Gasteiger partial charge in [0.15, 0.2) is 11.5 Å². The molecule has 1 aromatic heterocycles. The number of benzene rings is 1. The van der Waals surface area contributed by atoms with Crippen molar-refractivity contribution in [1.82, 2.24) is 14.9 Å². The molecule has 0 saturated heterocycles. The molecule has 0 radical (unpaired) electrons. The van der Waals surface area contributed by atoms with Gasteiger partial charge in [-0.05, 0) is 17.7 Å².